The first-order valence-corrected chi connectivity index (χ1v) is 7.21. The maximum Gasteiger partial charge on any atom is 0.137 e. The average molecular weight is 270 g/mol. The molecule has 0 spiro atoms. The lowest BCUT2D eigenvalue weighted by Crippen LogP contribution is -2.22. The van der Waals surface area contributed by atoms with Crippen LogP contribution in [0.4, 0.5) is 0 Å². The number of aryl methyl sites for hydroxylation is 1. The van der Waals surface area contributed by atoms with Gasteiger partial charge in [0, 0.05) is 6.54 Å². The summed E-state index contributed by atoms with van der Waals surface area (Å²) in [6, 6.07) is 5.87. The number of unbranched alkanes of at least 4 members (excludes halogenated alkanes) is 3. The number of hydrogen-bond donors (Lipinski definition) is 1. The van der Waals surface area contributed by atoms with E-state index in [1.807, 2.05) is 25.1 Å². The SMILES string of the molecule is CCCCCCNCCOc1ccc(C)cc1Cl. The first-order valence-electron chi connectivity index (χ1n) is 6.83. The molecule has 0 unspecified atom stereocenters. The smallest absolute Gasteiger partial charge is 0.137 e. The first kappa shape index (κ1) is 15.3. The van der Waals surface area contributed by atoms with E-state index in [1.54, 1.807) is 0 Å². The minimum atomic E-state index is 0.663. The van der Waals surface area contributed by atoms with Crippen LogP contribution in [0.5, 0.6) is 5.75 Å². The normalized spacial score (nSPS) is 10.6. The summed E-state index contributed by atoms with van der Waals surface area (Å²) in [6.07, 6.45) is 5.18. The highest BCUT2D eigenvalue weighted by molar-refractivity contribution is 6.32. The molecule has 2 nitrogen and oxygen atoms in total. The van der Waals surface area contributed by atoms with Gasteiger partial charge in [-0.15, -0.1) is 0 Å². The maximum atomic E-state index is 6.08. The van der Waals surface area contributed by atoms with E-state index in [4.69, 9.17) is 16.3 Å². The molecular formula is C15H24ClNO. The fourth-order valence-electron chi connectivity index (χ4n) is 1.76. The fraction of sp³-hybridized carbons (Fsp3) is 0.600. The zero-order chi connectivity index (χ0) is 13.2. The lowest BCUT2D eigenvalue weighted by Gasteiger charge is -2.09. The first-order chi connectivity index (χ1) is 8.74. The average Bonchev–Trinajstić information content (AvgIpc) is 2.35. The lowest BCUT2D eigenvalue weighted by molar-refractivity contribution is 0.313. The second-order valence-corrected chi connectivity index (χ2v) is 5.00. The van der Waals surface area contributed by atoms with Gasteiger partial charge in [0.25, 0.3) is 0 Å². The van der Waals surface area contributed by atoms with Crippen molar-refractivity contribution in [2.75, 3.05) is 19.7 Å². The monoisotopic (exact) mass is 269 g/mol. The molecule has 0 saturated carbocycles. The Kier molecular flexibility index (Phi) is 7.86. The van der Waals surface area contributed by atoms with Crippen molar-refractivity contribution in [1.29, 1.82) is 0 Å². The molecule has 0 bridgehead atoms. The molecule has 0 radical (unpaired) electrons. The van der Waals surface area contributed by atoms with Gasteiger partial charge in [-0.3, -0.25) is 0 Å². The number of halogens is 1. The molecule has 0 fully saturated rings. The number of benzene rings is 1. The molecule has 0 aliphatic carbocycles. The summed E-state index contributed by atoms with van der Waals surface area (Å²) >= 11 is 6.08. The highest BCUT2D eigenvalue weighted by atomic mass is 35.5. The Morgan fingerprint density at radius 3 is 2.72 bits per heavy atom. The van der Waals surface area contributed by atoms with Gasteiger partial charge in [0.1, 0.15) is 12.4 Å². The topological polar surface area (TPSA) is 21.3 Å². The Bertz CT molecular complexity index is 341. The van der Waals surface area contributed by atoms with E-state index >= 15 is 0 Å². The van der Waals surface area contributed by atoms with E-state index in [0.29, 0.717) is 11.6 Å². The van der Waals surface area contributed by atoms with Crippen molar-refractivity contribution in [3.05, 3.63) is 28.8 Å². The predicted octanol–water partition coefficient (Wildman–Crippen LogP) is 4.20. The van der Waals surface area contributed by atoms with Crippen LogP contribution in [0, 0.1) is 6.92 Å². The molecular weight excluding hydrogens is 246 g/mol. The third-order valence-electron chi connectivity index (χ3n) is 2.83. The van der Waals surface area contributed by atoms with E-state index in [1.165, 1.54) is 25.7 Å². The molecule has 1 N–H and O–H groups in total. The molecule has 0 amide bonds. The Morgan fingerprint density at radius 1 is 1.17 bits per heavy atom. The summed E-state index contributed by atoms with van der Waals surface area (Å²) in [6.45, 7) is 6.86. The Labute approximate surface area is 116 Å². The summed E-state index contributed by atoms with van der Waals surface area (Å²) < 4.78 is 5.63. The van der Waals surface area contributed by atoms with Gasteiger partial charge in [-0.1, -0.05) is 43.9 Å². The molecule has 1 aromatic rings. The van der Waals surface area contributed by atoms with Gasteiger partial charge in [0.2, 0.25) is 0 Å². The van der Waals surface area contributed by atoms with Crippen LogP contribution in [0.25, 0.3) is 0 Å². The molecule has 18 heavy (non-hydrogen) atoms. The largest absolute Gasteiger partial charge is 0.491 e. The van der Waals surface area contributed by atoms with Gasteiger partial charge in [0.15, 0.2) is 0 Å². The van der Waals surface area contributed by atoms with Crippen molar-refractivity contribution < 1.29 is 4.74 Å². The highest BCUT2D eigenvalue weighted by Crippen LogP contribution is 2.24. The highest BCUT2D eigenvalue weighted by Gasteiger charge is 2.00. The van der Waals surface area contributed by atoms with Crippen LogP contribution in [-0.4, -0.2) is 19.7 Å². The van der Waals surface area contributed by atoms with Crippen LogP contribution in [0.2, 0.25) is 5.02 Å². The molecule has 0 aliphatic rings. The standard InChI is InChI=1S/C15H24ClNO/c1-3-4-5-6-9-17-10-11-18-15-8-7-13(2)12-14(15)16/h7-8,12,17H,3-6,9-11H2,1-2H3. The third-order valence-corrected chi connectivity index (χ3v) is 3.13. The van der Waals surface area contributed by atoms with Gasteiger partial charge >= 0.3 is 0 Å². The summed E-state index contributed by atoms with van der Waals surface area (Å²) in [4.78, 5) is 0. The Hall–Kier alpha value is -0.730. The second-order valence-electron chi connectivity index (χ2n) is 4.59. The summed E-state index contributed by atoms with van der Waals surface area (Å²) in [5, 5.41) is 4.07. The minimum absolute atomic E-state index is 0.663. The Morgan fingerprint density at radius 2 is 2.00 bits per heavy atom. The quantitative estimate of drug-likeness (QED) is 0.679. The van der Waals surface area contributed by atoms with Crippen molar-refractivity contribution in [2.45, 2.75) is 39.5 Å². The Balaban J connectivity index is 2.07. The molecule has 1 aromatic carbocycles. The van der Waals surface area contributed by atoms with Crippen molar-refractivity contribution >= 4 is 11.6 Å². The van der Waals surface area contributed by atoms with Gasteiger partial charge in [0.05, 0.1) is 5.02 Å². The van der Waals surface area contributed by atoms with Crippen molar-refractivity contribution in [1.82, 2.24) is 5.32 Å². The zero-order valence-electron chi connectivity index (χ0n) is 11.5. The lowest BCUT2D eigenvalue weighted by atomic mass is 10.2. The molecule has 1 rings (SSSR count). The van der Waals surface area contributed by atoms with E-state index < -0.39 is 0 Å². The van der Waals surface area contributed by atoms with E-state index in [-0.39, 0.29) is 0 Å². The minimum Gasteiger partial charge on any atom is -0.491 e. The van der Waals surface area contributed by atoms with E-state index in [0.717, 1.165) is 24.4 Å². The summed E-state index contributed by atoms with van der Waals surface area (Å²) in [7, 11) is 0. The predicted molar refractivity (Wildman–Crippen MR) is 78.7 cm³/mol. The number of nitrogens with one attached hydrogen (secondary N) is 1. The number of ether oxygens (including phenoxy) is 1. The third kappa shape index (κ3) is 6.27. The van der Waals surface area contributed by atoms with Gasteiger partial charge in [-0.2, -0.15) is 0 Å². The van der Waals surface area contributed by atoms with Crippen molar-refractivity contribution in [2.24, 2.45) is 0 Å². The molecule has 102 valence electrons. The molecule has 0 saturated heterocycles. The van der Waals surface area contributed by atoms with Crippen molar-refractivity contribution in [3.63, 3.8) is 0 Å². The fourth-order valence-corrected chi connectivity index (χ4v) is 2.05. The van der Waals surface area contributed by atoms with Crippen molar-refractivity contribution in [3.8, 4) is 5.75 Å². The van der Waals surface area contributed by atoms with Gasteiger partial charge in [-0.05, 0) is 37.6 Å². The maximum absolute atomic E-state index is 6.08. The van der Waals surface area contributed by atoms with Crippen LogP contribution in [-0.2, 0) is 0 Å². The number of rotatable bonds is 9. The van der Waals surface area contributed by atoms with Crippen LogP contribution in [0.1, 0.15) is 38.2 Å². The van der Waals surface area contributed by atoms with Gasteiger partial charge < -0.3 is 10.1 Å². The molecule has 0 atom stereocenters. The van der Waals surface area contributed by atoms with Crippen LogP contribution >= 0.6 is 11.6 Å². The molecule has 0 aliphatic heterocycles. The molecule has 0 heterocycles. The number of hydrogen-bond acceptors (Lipinski definition) is 2. The van der Waals surface area contributed by atoms with Crippen LogP contribution < -0.4 is 10.1 Å². The van der Waals surface area contributed by atoms with E-state index in [2.05, 4.69) is 12.2 Å². The van der Waals surface area contributed by atoms with Crippen LogP contribution in [0.15, 0.2) is 18.2 Å². The summed E-state index contributed by atoms with van der Waals surface area (Å²) in [5.74, 6) is 0.773. The second kappa shape index (κ2) is 9.23. The van der Waals surface area contributed by atoms with Gasteiger partial charge in [-0.25, -0.2) is 0 Å². The zero-order valence-corrected chi connectivity index (χ0v) is 12.2. The summed E-state index contributed by atoms with van der Waals surface area (Å²) in [5.41, 5.74) is 1.15. The van der Waals surface area contributed by atoms with E-state index in [9.17, 15) is 0 Å². The van der Waals surface area contributed by atoms with Crippen LogP contribution in [0.3, 0.4) is 0 Å². The molecule has 0 aromatic heterocycles. The molecule has 3 heteroatoms.